The molecule has 0 spiro atoms. The Morgan fingerprint density at radius 1 is 1.29 bits per heavy atom. The van der Waals surface area contributed by atoms with Gasteiger partial charge in [-0.2, -0.15) is 0 Å². The smallest absolute Gasteiger partial charge is 0.239 e. The Morgan fingerprint density at radius 3 is 2.62 bits per heavy atom. The van der Waals surface area contributed by atoms with Crippen molar-refractivity contribution >= 4 is 39.3 Å². The molecule has 0 aliphatic carbocycles. The maximum absolute atomic E-state index is 11.9. The summed E-state index contributed by atoms with van der Waals surface area (Å²) in [7, 11) is 1.89. The molecule has 21 heavy (non-hydrogen) atoms. The van der Waals surface area contributed by atoms with Gasteiger partial charge in [0.15, 0.2) is 0 Å². The zero-order valence-corrected chi connectivity index (χ0v) is 13.9. The van der Waals surface area contributed by atoms with Crippen LogP contribution in [0.25, 0.3) is 0 Å². The largest absolute Gasteiger partial charge is 0.310 e. The Bertz CT molecular complexity index is 601. The van der Waals surface area contributed by atoms with E-state index in [-0.39, 0.29) is 5.91 Å². The van der Waals surface area contributed by atoms with Crippen molar-refractivity contribution in [3.05, 3.63) is 57.7 Å². The molecule has 0 fully saturated rings. The number of hydrogen-bond acceptors (Lipinski definition) is 3. The van der Waals surface area contributed by atoms with Crippen LogP contribution in [0.15, 0.2) is 47.1 Å². The highest BCUT2D eigenvalue weighted by atomic mass is 79.9. The summed E-state index contributed by atoms with van der Waals surface area (Å²) in [6.45, 7) is 0.971. The van der Waals surface area contributed by atoms with E-state index in [0.717, 1.165) is 10.0 Å². The topological polar surface area (TPSA) is 45.2 Å². The minimum Gasteiger partial charge on any atom is -0.310 e. The molecule has 2 rings (SSSR count). The number of nitrogens with one attached hydrogen (secondary N) is 1. The van der Waals surface area contributed by atoms with Gasteiger partial charge in [-0.25, -0.2) is 4.98 Å². The number of benzene rings is 1. The summed E-state index contributed by atoms with van der Waals surface area (Å²) in [6, 6.07) is 11.2. The van der Waals surface area contributed by atoms with Gasteiger partial charge >= 0.3 is 0 Å². The van der Waals surface area contributed by atoms with Gasteiger partial charge in [-0.1, -0.05) is 23.7 Å². The van der Waals surface area contributed by atoms with E-state index in [1.54, 1.807) is 12.3 Å². The Kier molecular flexibility index (Phi) is 5.73. The Morgan fingerprint density at radius 2 is 2.00 bits per heavy atom. The molecule has 0 unspecified atom stereocenters. The van der Waals surface area contributed by atoms with Gasteiger partial charge in [0.1, 0.15) is 5.82 Å². The van der Waals surface area contributed by atoms with Crippen LogP contribution < -0.4 is 5.32 Å². The van der Waals surface area contributed by atoms with Crippen molar-refractivity contribution in [1.82, 2.24) is 9.88 Å². The molecule has 0 aliphatic heterocycles. The van der Waals surface area contributed by atoms with Crippen LogP contribution in [0.3, 0.4) is 0 Å². The van der Waals surface area contributed by atoms with Gasteiger partial charge in [0.25, 0.3) is 0 Å². The molecular formula is C15H15BrClN3O. The predicted molar refractivity (Wildman–Crippen MR) is 88.4 cm³/mol. The first-order valence-corrected chi connectivity index (χ1v) is 7.54. The van der Waals surface area contributed by atoms with Crippen molar-refractivity contribution in [3.63, 3.8) is 0 Å². The first-order valence-electron chi connectivity index (χ1n) is 6.37. The standard InChI is InChI=1S/C15H15BrClN3O/c1-20(9-11-2-5-13(17)6-3-11)10-15(21)19-14-7-4-12(16)8-18-14/h2-8H,9-10H2,1H3,(H,18,19,21). The molecular weight excluding hydrogens is 354 g/mol. The molecule has 2 aromatic rings. The van der Waals surface area contributed by atoms with E-state index in [1.807, 2.05) is 42.3 Å². The van der Waals surface area contributed by atoms with Gasteiger partial charge in [0, 0.05) is 22.2 Å². The van der Waals surface area contributed by atoms with E-state index in [9.17, 15) is 4.79 Å². The van der Waals surface area contributed by atoms with E-state index in [2.05, 4.69) is 26.2 Å². The average molecular weight is 369 g/mol. The summed E-state index contributed by atoms with van der Waals surface area (Å²) < 4.78 is 0.875. The van der Waals surface area contributed by atoms with Crippen LogP contribution in [-0.2, 0) is 11.3 Å². The number of aromatic nitrogens is 1. The quantitative estimate of drug-likeness (QED) is 0.877. The fourth-order valence-electron chi connectivity index (χ4n) is 1.83. The molecule has 1 heterocycles. The predicted octanol–water partition coefficient (Wildman–Crippen LogP) is 3.57. The molecule has 4 nitrogen and oxygen atoms in total. The molecule has 0 atom stereocenters. The summed E-state index contributed by atoms with van der Waals surface area (Å²) in [5.41, 5.74) is 1.11. The van der Waals surface area contributed by atoms with E-state index >= 15 is 0 Å². The molecule has 0 saturated heterocycles. The number of likely N-dealkylation sites (N-methyl/N-ethyl adjacent to an activating group) is 1. The van der Waals surface area contributed by atoms with Crippen LogP contribution in [0.2, 0.25) is 5.02 Å². The number of halogens is 2. The fraction of sp³-hybridized carbons (Fsp3) is 0.200. The molecule has 1 aromatic carbocycles. The lowest BCUT2D eigenvalue weighted by Gasteiger charge is -2.16. The maximum Gasteiger partial charge on any atom is 0.239 e. The average Bonchev–Trinajstić information content (AvgIpc) is 2.44. The van der Waals surface area contributed by atoms with Gasteiger partial charge in [0.05, 0.1) is 6.54 Å². The van der Waals surface area contributed by atoms with Gasteiger partial charge in [0.2, 0.25) is 5.91 Å². The zero-order chi connectivity index (χ0) is 15.2. The lowest BCUT2D eigenvalue weighted by molar-refractivity contribution is -0.117. The van der Waals surface area contributed by atoms with E-state index < -0.39 is 0 Å². The summed E-state index contributed by atoms with van der Waals surface area (Å²) in [5.74, 6) is 0.448. The lowest BCUT2D eigenvalue weighted by atomic mass is 10.2. The van der Waals surface area contributed by atoms with Crippen molar-refractivity contribution in [2.45, 2.75) is 6.54 Å². The number of anilines is 1. The fourth-order valence-corrected chi connectivity index (χ4v) is 2.20. The third kappa shape index (κ3) is 5.46. The molecule has 0 aliphatic rings. The van der Waals surface area contributed by atoms with E-state index in [0.29, 0.717) is 23.9 Å². The highest BCUT2D eigenvalue weighted by Crippen LogP contribution is 2.12. The molecule has 1 aromatic heterocycles. The van der Waals surface area contributed by atoms with E-state index in [4.69, 9.17) is 11.6 Å². The second-order valence-electron chi connectivity index (χ2n) is 4.71. The maximum atomic E-state index is 11.9. The third-order valence-electron chi connectivity index (χ3n) is 2.77. The lowest BCUT2D eigenvalue weighted by Crippen LogP contribution is -2.30. The highest BCUT2D eigenvalue weighted by molar-refractivity contribution is 9.10. The first kappa shape index (κ1) is 15.9. The zero-order valence-electron chi connectivity index (χ0n) is 11.5. The SMILES string of the molecule is CN(CC(=O)Nc1ccc(Br)cn1)Cc1ccc(Cl)cc1. The Labute approximate surface area is 137 Å². The van der Waals surface area contributed by atoms with Crippen molar-refractivity contribution in [3.8, 4) is 0 Å². The number of hydrogen-bond donors (Lipinski definition) is 1. The minimum atomic E-state index is -0.0960. The summed E-state index contributed by atoms with van der Waals surface area (Å²) in [4.78, 5) is 18.0. The van der Waals surface area contributed by atoms with E-state index in [1.165, 1.54) is 0 Å². The summed E-state index contributed by atoms with van der Waals surface area (Å²) in [6.07, 6.45) is 1.65. The van der Waals surface area contributed by atoms with Crippen LogP contribution in [0.1, 0.15) is 5.56 Å². The van der Waals surface area contributed by atoms with Crippen molar-refractivity contribution in [2.75, 3.05) is 18.9 Å². The Hall–Kier alpha value is -1.43. The van der Waals surface area contributed by atoms with Gasteiger partial charge < -0.3 is 5.32 Å². The molecule has 6 heteroatoms. The molecule has 0 saturated carbocycles. The molecule has 1 amide bonds. The van der Waals surface area contributed by atoms with Crippen LogP contribution >= 0.6 is 27.5 Å². The second kappa shape index (κ2) is 7.54. The molecule has 110 valence electrons. The number of pyridine rings is 1. The highest BCUT2D eigenvalue weighted by Gasteiger charge is 2.08. The minimum absolute atomic E-state index is 0.0960. The Balaban J connectivity index is 1.84. The van der Waals surface area contributed by atoms with Gasteiger partial charge in [-0.05, 0) is 52.8 Å². The second-order valence-corrected chi connectivity index (χ2v) is 6.06. The van der Waals surface area contributed by atoms with Crippen molar-refractivity contribution in [2.24, 2.45) is 0 Å². The van der Waals surface area contributed by atoms with Crippen molar-refractivity contribution in [1.29, 1.82) is 0 Å². The van der Waals surface area contributed by atoms with Gasteiger partial charge in [-0.15, -0.1) is 0 Å². The third-order valence-corrected chi connectivity index (χ3v) is 3.50. The summed E-state index contributed by atoms with van der Waals surface area (Å²) in [5, 5.41) is 3.47. The molecule has 0 radical (unpaired) electrons. The monoisotopic (exact) mass is 367 g/mol. The number of nitrogens with zero attached hydrogens (tertiary/aromatic N) is 2. The number of carbonyl (C=O) groups is 1. The van der Waals surface area contributed by atoms with Crippen molar-refractivity contribution < 1.29 is 4.79 Å². The number of carbonyl (C=O) groups excluding carboxylic acids is 1. The summed E-state index contributed by atoms with van der Waals surface area (Å²) >= 11 is 9.15. The molecule has 1 N–H and O–H groups in total. The normalized spacial score (nSPS) is 10.7. The van der Waals surface area contributed by atoms with Crippen LogP contribution in [0, 0.1) is 0 Å². The molecule has 0 bridgehead atoms. The van der Waals surface area contributed by atoms with Gasteiger partial charge in [-0.3, -0.25) is 9.69 Å². The van der Waals surface area contributed by atoms with Crippen LogP contribution in [0.4, 0.5) is 5.82 Å². The van der Waals surface area contributed by atoms with Crippen LogP contribution in [0.5, 0.6) is 0 Å². The first-order chi connectivity index (χ1) is 10.0. The number of rotatable bonds is 5. The van der Waals surface area contributed by atoms with Crippen LogP contribution in [-0.4, -0.2) is 29.4 Å². The number of amides is 1.